The van der Waals surface area contributed by atoms with E-state index >= 15 is 0 Å². The molecular formula is C15H18N2O3. The predicted octanol–water partition coefficient (Wildman–Crippen LogP) is 2.39. The molecule has 0 saturated carbocycles. The van der Waals surface area contributed by atoms with Gasteiger partial charge in [-0.3, -0.25) is 0 Å². The highest BCUT2D eigenvalue weighted by atomic mass is 16.5. The maximum atomic E-state index is 11.6. The molecule has 20 heavy (non-hydrogen) atoms. The van der Waals surface area contributed by atoms with Crippen molar-refractivity contribution in [2.45, 2.75) is 31.9 Å². The van der Waals surface area contributed by atoms with Crippen LogP contribution in [0.25, 0.3) is 11.0 Å². The standard InChI is InChI=1S/C15H18N2O3/c1-19-15(18)11-5-6-13-14(8-11)17(10-16-13)9-12-4-2-3-7-20-12/h5-6,8,10,12H,2-4,7,9H2,1H3. The van der Waals surface area contributed by atoms with E-state index in [-0.39, 0.29) is 12.1 Å². The van der Waals surface area contributed by atoms with Crippen molar-refractivity contribution in [1.29, 1.82) is 0 Å². The quantitative estimate of drug-likeness (QED) is 0.806. The lowest BCUT2D eigenvalue weighted by Crippen LogP contribution is -2.24. The molecule has 3 rings (SSSR count). The lowest BCUT2D eigenvalue weighted by molar-refractivity contribution is 0.00661. The van der Waals surface area contributed by atoms with Gasteiger partial charge in [-0.1, -0.05) is 0 Å². The summed E-state index contributed by atoms with van der Waals surface area (Å²) < 4.78 is 12.6. The molecule has 1 atom stereocenters. The van der Waals surface area contributed by atoms with Gasteiger partial charge in [-0.25, -0.2) is 9.78 Å². The van der Waals surface area contributed by atoms with Crippen molar-refractivity contribution in [3.8, 4) is 0 Å². The Balaban J connectivity index is 1.88. The molecular weight excluding hydrogens is 256 g/mol. The predicted molar refractivity (Wildman–Crippen MR) is 74.7 cm³/mol. The van der Waals surface area contributed by atoms with Crippen LogP contribution in [0.15, 0.2) is 24.5 Å². The van der Waals surface area contributed by atoms with Crippen LogP contribution in [0.4, 0.5) is 0 Å². The van der Waals surface area contributed by atoms with Gasteiger partial charge in [0.05, 0.1) is 42.7 Å². The third kappa shape index (κ3) is 2.54. The Morgan fingerprint density at radius 2 is 2.40 bits per heavy atom. The second kappa shape index (κ2) is 5.63. The Hall–Kier alpha value is -1.88. The molecule has 2 heterocycles. The van der Waals surface area contributed by atoms with Crippen molar-refractivity contribution in [2.75, 3.05) is 13.7 Å². The molecule has 106 valence electrons. The van der Waals surface area contributed by atoms with Crippen LogP contribution in [0.1, 0.15) is 29.6 Å². The van der Waals surface area contributed by atoms with Crippen molar-refractivity contribution < 1.29 is 14.3 Å². The first-order valence-corrected chi connectivity index (χ1v) is 6.93. The van der Waals surface area contributed by atoms with Crippen LogP contribution in [0.2, 0.25) is 0 Å². The van der Waals surface area contributed by atoms with Gasteiger partial charge in [0.2, 0.25) is 0 Å². The number of hydrogen-bond acceptors (Lipinski definition) is 4. The van der Waals surface area contributed by atoms with Gasteiger partial charge < -0.3 is 14.0 Å². The van der Waals surface area contributed by atoms with Crippen molar-refractivity contribution in [3.63, 3.8) is 0 Å². The van der Waals surface area contributed by atoms with Gasteiger partial charge in [0.25, 0.3) is 0 Å². The molecule has 1 saturated heterocycles. The number of nitrogens with zero attached hydrogens (tertiary/aromatic N) is 2. The Kier molecular flexibility index (Phi) is 3.69. The molecule has 0 amide bonds. The number of carbonyl (C=O) groups excluding carboxylic acids is 1. The number of methoxy groups -OCH3 is 1. The Morgan fingerprint density at radius 3 is 3.15 bits per heavy atom. The van der Waals surface area contributed by atoms with E-state index in [0.29, 0.717) is 5.56 Å². The molecule has 0 aliphatic carbocycles. The highest BCUT2D eigenvalue weighted by molar-refractivity contribution is 5.93. The summed E-state index contributed by atoms with van der Waals surface area (Å²) in [5.74, 6) is -0.325. The molecule has 0 radical (unpaired) electrons. The fourth-order valence-electron chi connectivity index (χ4n) is 2.62. The van der Waals surface area contributed by atoms with Gasteiger partial charge in [-0.05, 0) is 37.5 Å². The van der Waals surface area contributed by atoms with Crippen molar-refractivity contribution in [2.24, 2.45) is 0 Å². The number of esters is 1. The van der Waals surface area contributed by atoms with E-state index in [1.165, 1.54) is 13.5 Å². The maximum absolute atomic E-state index is 11.6. The van der Waals surface area contributed by atoms with E-state index < -0.39 is 0 Å². The molecule has 5 heteroatoms. The normalized spacial score (nSPS) is 19.1. The monoisotopic (exact) mass is 274 g/mol. The number of fused-ring (bicyclic) bond motifs is 1. The SMILES string of the molecule is COC(=O)c1ccc2ncn(CC3CCCCO3)c2c1. The van der Waals surface area contributed by atoms with Crippen LogP contribution in [0, 0.1) is 0 Å². The highest BCUT2D eigenvalue weighted by Crippen LogP contribution is 2.19. The molecule has 2 aromatic rings. The number of aromatic nitrogens is 2. The molecule has 0 N–H and O–H groups in total. The highest BCUT2D eigenvalue weighted by Gasteiger charge is 2.16. The number of benzene rings is 1. The molecule has 1 unspecified atom stereocenters. The van der Waals surface area contributed by atoms with E-state index in [2.05, 4.69) is 9.55 Å². The number of carbonyl (C=O) groups is 1. The first-order chi connectivity index (χ1) is 9.78. The van der Waals surface area contributed by atoms with Crippen LogP contribution >= 0.6 is 0 Å². The molecule has 5 nitrogen and oxygen atoms in total. The third-order valence-corrected chi connectivity index (χ3v) is 3.72. The Bertz CT molecular complexity index is 615. The topological polar surface area (TPSA) is 53.3 Å². The second-order valence-corrected chi connectivity index (χ2v) is 5.08. The minimum Gasteiger partial charge on any atom is -0.465 e. The summed E-state index contributed by atoms with van der Waals surface area (Å²) in [5.41, 5.74) is 2.38. The fraction of sp³-hybridized carbons (Fsp3) is 0.467. The largest absolute Gasteiger partial charge is 0.465 e. The summed E-state index contributed by atoms with van der Waals surface area (Å²) in [7, 11) is 1.39. The zero-order chi connectivity index (χ0) is 13.9. The van der Waals surface area contributed by atoms with E-state index in [1.54, 1.807) is 6.07 Å². The maximum Gasteiger partial charge on any atom is 0.337 e. The van der Waals surface area contributed by atoms with Crippen LogP contribution in [0.3, 0.4) is 0 Å². The molecule has 1 aromatic carbocycles. The first kappa shape index (κ1) is 13.1. The van der Waals surface area contributed by atoms with Gasteiger partial charge in [-0.2, -0.15) is 0 Å². The van der Waals surface area contributed by atoms with Crippen molar-refractivity contribution in [3.05, 3.63) is 30.1 Å². The smallest absolute Gasteiger partial charge is 0.337 e. The van der Waals surface area contributed by atoms with E-state index in [1.807, 2.05) is 18.5 Å². The summed E-state index contributed by atoms with van der Waals surface area (Å²) in [6, 6.07) is 5.42. The van der Waals surface area contributed by atoms with Crippen LogP contribution in [-0.2, 0) is 16.0 Å². The summed E-state index contributed by atoms with van der Waals surface area (Å²) in [4.78, 5) is 16.0. The fourth-order valence-corrected chi connectivity index (χ4v) is 2.62. The summed E-state index contributed by atoms with van der Waals surface area (Å²) in [5, 5.41) is 0. The van der Waals surface area contributed by atoms with Gasteiger partial charge in [0, 0.05) is 6.61 Å². The molecule has 1 aliphatic rings. The summed E-state index contributed by atoms with van der Waals surface area (Å²) in [6.07, 6.45) is 5.49. The van der Waals surface area contributed by atoms with Crippen molar-refractivity contribution in [1.82, 2.24) is 9.55 Å². The zero-order valence-electron chi connectivity index (χ0n) is 11.5. The van der Waals surface area contributed by atoms with Crippen LogP contribution in [0.5, 0.6) is 0 Å². The third-order valence-electron chi connectivity index (χ3n) is 3.72. The molecule has 1 aromatic heterocycles. The Morgan fingerprint density at radius 1 is 1.50 bits per heavy atom. The minimum atomic E-state index is -0.325. The average molecular weight is 274 g/mol. The van der Waals surface area contributed by atoms with E-state index in [9.17, 15) is 4.79 Å². The van der Waals surface area contributed by atoms with Crippen LogP contribution < -0.4 is 0 Å². The van der Waals surface area contributed by atoms with Gasteiger partial charge in [0.1, 0.15) is 0 Å². The number of rotatable bonds is 3. The molecule has 1 aliphatic heterocycles. The number of imidazole rings is 1. The number of ether oxygens (including phenoxy) is 2. The van der Waals surface area contributed by atoms with Gasteiger partial charge in [-0.15, -0.1) is 0 Å². The summed E-state index contributed by atoms with van der Waals surface area (Å²) in [6.45, 7) is 1.62. The number of hydrogen-bond donors (Lipinski definition) is 0. The molecule has 1 fully saturated rings. The summed E-state index contributed by atoms with van der Waals surface area (Å²) >= 11 is 0. The minimum absolute atomic E-state index is 0.239. The van der Waals surface area contributed by atoms with Gasteiger partial charge >= 0.3 is 5.97 Å². The van der Waals surface area contributed by atoms with Crippen LogP contribution in [-0.4, -0.2) is 35.3 Å². The Labute approximate surface area is 117 Å². The van der Waals surface area contributed by atoms with Crippen molar-refractivity contribution >= 4 is 17.0 Å². The van der Waals surface area contributed by atoms with Gasteiger partial charge in [0.15, 0.2) is 0 Å². The lowest BCUT2D eigenvalue weighted by atomic mass is 10.1. The van der Waals surface area contributed by atoms with E-state index in [4.69, 9.17) is 9.47 Å². The lowest BCUT2D eigenvalue weighted by Gasteiger charge is -2.23. The first-order valence-electron chi connectivity index (χ1n) is 6.93. The second-order valence-electron chi connectivity index (χ2n) is 5.08. The molecule has 0 spiro atoms. The zero-order valence-corrected chi connectivity index (χ0v) is 11.5. The molecule has 0 bridgehead atoms. The average Bonchev–Trinajstić information content (AvgIpc) is 2.90. The van der Waals surface area contributed by atoms with E-state index in [0.717, 1.165) is 37.0 Å².